The molecule has 7 nitrogen and oxygen atoms in total. The minimum absolute atomic E-state index is 0.0433. The Morgan fingerprint density at radius 2 is 2.39 bits per heavy atom. The van der Waals surface area contributed by atoms with Gasteiger partial charge in [-0.1, -0.05) is 0 Å². The van der Waals surface area contributed by atoms with E-state index < -0.39 is 24.1 Å². The molecule has 8 heteroatoms. The Bertz CT molecular complexity index is 505. The van der Waals surface area contributed by atoms with Crippen LogP contribution in [0.4, 0.5) is 5.69 Å². The number of nitro groups is 1. The zero-order valence-corrected chi connectivity index (χ0v) is 9.53. The third-order valence-electron chi connectivity index (χ3n) is 2.77. The van der Waals surface area contributed by atoms with E-state index in [1.807, 2.05) is 0 Å². The smallest absolute Gasteiger partial charge is 0.469 e. The maximum absolute atomic E-state index is 11.2. The number of nitrogens with zero attached hydrogens (tertiary/aromatic N) is 1. The molecule has 1 heterocycles. The van der Waals surface area contributed by atoms with Gasteiger partial charge < -0.3 is 14.4 Å². The molecular weight excluding hydrogens is 241 g/mol. The molecule has 0 saturated heterocycles. The topological polar surface area (TPSA) is 98.9 Å². The number of carbonyl (C=O) groups is 1. The number of hydrogen-bond donors (Lipinski definition) is 1. The Balaban J connectivity index is 2.30. The van der Waals surface area contributed by atoms with E-state index in [-0.39, 0.29) is 12.1 Å². The van der Waals surface area contributed by atoms with Gasteiger partial charge in [-0.3, -0.25) is 14.9 Å². The van der Waals surface area contributed by atoms with E-state index in [1.54, 1.807) is 0 Å². The highest BCUT2D eigenvalue weighted by molar-refractivity contribution is 6.61. The van der Waals surface area contributed by atoms with Crippen molar-refractivity contribution in [2.24, 2.45) is 0 Å². The number of non-ortho nitro benzene ring substituents is 1. The molecule has 1 aromatic rings. The van der Waals surface area contributed by atoms with Crippen molar-refractivity contribution >= 4 is 24.2 Å². The standard InChI is InChI=1S/C10H10BNO6/c1-17-10(13)5-9-7-3-2-6(12(15)16)4-8(7)11(14)18-9/h2-4,9,14H,5H2,1H3. The van der Waals surface area contributed by atoms with Crippen LogP contribution in [0.5, 0.6) is 0 Å². The largest absolute Gasteiger partial charge is 0.492 e. The molecule has 0 aliphatic carbocycles. The SMILES string of the molecule is COC(=O)CC1OB(O)c2cc([N+](=O)[O-])ccc21. The van der Waals surface area contributed by atoms with Crippen LogP contribution in [0, 0.1) is 10.1 Å². The van der Waals surface area contributed by atoms with E-state index in [2.05, 4.69) is 4.74 Å². The summed E-state index contributed by atoms with van der Waals surface area (Å²) in [7, 11) is -0.000616. The first-order valence-electron chi connectivity index (χ1n) is 5.21. The van der Waals surface area contributed by atoms with Crippen LogP contribution in [0.3, 0.4) is 0 Å². The summed E-state index contributed by atoms with van der Waals surface area (Å²) in [6.07, 6.45) is -0.679. The minimum atomic E-state index is -1.26. The highest BCUT2D eigenvalue weighted by atomic mass is 16.6. The quantitative estimate of drug-likeness (QED) is 0.349. The van der Waals surface area contributed by atoms with E-state index in [9.17, 15) is 19.9 Å². The van der Waals surface area contributed by atoms with E-state index >= 15 is 0 Å². The van der Waals surface area contributed by atoms with Crippen molar-refractivity contribution in [3.05, 3.63) is 33.9 Å². The normalized spacial score (nSPS) is 17.4. The lowest BCUT2D eigenvalue weighted by Gasteiger charge is -2.10. The third kappa shape index (κ3) is 2.20. The van der Waals surface area contributed by atoms with Crippen molar-refractivity contribution in [1.29, 1.82) is 0 Å². The molecule has 0 radical (unpaired) electrons. The summed E-state index contributed by atoms with van der Waals surface area (Å²) < 4.78 is 9.69. The molecule has 0 bridgehead atoms. The van der Waals surface area contributed by atoms with Crippen LogP contribution in [0.1, 0.15) is 18.1 Å². The fourth-order valence-electron chi connectivity index (χ4n) is 1.88. The molecule has 94 valence electrons. The maximum atomic E-state index is 11.2. The molecule has 1 aliphatic heterocycles. The number of fused-ring (bicyclic) bond motifs is 1. The van der Waals surface area contributed by atoms with Gasteiger partial charge in [-0.2, -0.15) is 0 Å². The molecule has 18 heavy (non-hydrogen) atoms. The van der Waals surface area contributed by atoms with Crippen LogP contribution in [-0.2, 0) is 14.2 Å². The highest BCUT2D eigenvalue weighted by Crippen LogP contribution is 2.28. The molecule has 0 amide bonds. The van der Waals surface area contributed by atoms with Crippen LogP contribution < -0.4 is 5.46 Å². The second-order valence-corrected chi connectivity index (χ2v) is 3.83. The van der Waals surface area contributed by atoms with Crippen molar-refractivity contribution in [2.75, 3.05) is 7.11 Å². The molecule has 0 spiro atoms. The first-order chi connectivity index (χ1) is 8.52. The van der Waals surface area contributed by atoms with Gasteiger partial charge in [-0.05, 0) is 17.1 Å². The van der Waals surface area contributed by atoms with Gasteiger partial charge >= 0.3 is 13.1 Å². The van der Waals surface area contributed by atoms with Gasteiger partial charge in [-0.15, -0.1) is 0 Å². The van der Waals surface area contributed by atoms with Gasteiger partial charge in [0.25, 0.3) is 5.69 Å². The minimum Gasteiger partial charge on any atom is -0.469 e. The number of rotatable bonds is 3. The number of nitro benzene ring substituents is 1. The predicted molar refractivity (Wildman–Crippen MR) is 61.2 cm³/mol. The van der Waals surface area contributed by atoms with Gasteiger partial charge in [0.2, 0.25) is 0 Å². The number of ether oxygens (including phenoxy) is 1. The van der Waals surface area contributed by atoms with Crippen LogP contribution in [0.15, 0.2) is 18.2 Å². The number of hydrogen-bond acceptors (Lipinski definition) is 6. The van der Waals surface area contributed by atoms with E-state index in [4.69, 9.17) is 4.65 Å². The third-order valence-corrected chi connectivity index (χ3v) is 2.77. The number of carbonyl (C=O) groups excluding carboxylic acids is 1. The summed E-state index contributed by atoms with van der Waals surface area (Å²) in [4.78, 5) is 21.2. The van der Waals surface area contributed by atoms with Crippen molar-refractivity contribution in [3.8, 4) is 0 Å². The summed E-state index contributed by atoms with van der Waals surface area (Å²) in [5.74, 6) is -0.474. The molecule has 0 fully saturated rings. The molecule has 1 atom stereocenters. The predicted octanol–water partition coefficient (Wildman–Crippen LogP) is -0.0833. The van der Waals surface area contributed by atoms with Gasteiger partial charge in [0, 0.05) is 12.1 Å². The maximum Gasteiger partial charge on any atom is 0.492 e. The summed E-state index contributed by atoms with van der Waals surface area (Å²) in [6, 6.07) is 4.04. The van der Waals surface area contributed by atoms with Crippen molar-refractivity contribution < 1.29 is 24.1 Å². The lowest BCUT2D eigenvalue weighted by Crippen LogP contribution is -2.28. The van der Waals surface area contributed by atoms with Gasteiger partial charge in [0.15, 0.2) is 0 Å². The Kier molecular flexibility index (Phi) is 3.31. The Morgan fingerprint density at radius 3 is 3.00 bits per heavy atom. The zero-order valence-electron chi connectivity index (χ0n) is 9.53. The Morgan fingerprint density at radius 1 is 1.67 bits per heavy atom. The first-order valence-corrected chi connectivity index (χ1v) is 5.21. The molecule has 2 rings (SSSR count). The van der Waals surface area contributed by atoms with E-state index in [0.717, 1.165) is 0 Å². The Hall–Kier alpha value is -1.93. The average molecular weight is 251 g/mol. The summed E-state index contributed by atoms with van der Waals surface area (Å²) in [6.45, 7) is 0. The van der Waals surface area contributed by atoms with Crippen LogP contribution in [-0.4, -0.2) is 30.1 Å². The van der Waals surface area contributed by atoms with Gasteiger partial charge in [-0.25, -0.2) is 0 Å². The second kappa shape index (κ2) is 4.75. The number of benzene rings is 1. The van der Waals surface area contributed by atoms with Crippen LogP contribution in [0.25, 0.3) is 0 Å². The molecule has 1 unspecified atom stereocenters. The second-order valence-electron chi connectivity index (χ2n) is 3.83. The summed E-state index contributed by atoms with van der Waals surface area (Å²) in [5.41, 5.74) is 0.756. The van der Waals surface area contributed by atoms with Crippen LogP contribution >= 0.6 is 0 Å². The molecule has 1 N–H and O–H groups in total. The molecule has 0 saturated carbocycles. The first kappa shape index (κ1) is 12.5. The average Bonchev–Trinajstić information content (AvgIpc) is 2.65. The Labute approximate surface area is 103 Å². The summed E-state index contributed by atoms with van der Waals surface area (Å²) in [5, 5.41) is 20.3. The lowest BCUT2D eigenvalue weighted by atomic mass is 9.79. The monoisotopic (exact) mass is 251 g/mol. The van der Waals surface area contributed by atoms with E-state index in [1.165, 1.54) is 25.3 Å². The fourth-order valence-corrected chi connectivity index (χ4v) is 1.88. The molecule has 0 aromatic heterocycles. The zero-order chi connectivity index (χ0) is 13.3. The van der Waals surface area contributed by atoms with Crippen LogP contribution in [0.2, 0.25) is 0 Å². The van der Waals surface area contributed by atoms with Crippen molar-refractivity contribution in [2.45, 2.75) is 12.5 Å². The fraction of sp³-hybridized carbons (Fsp3) is 0.300. The summed E-state index contributed by atoms with van der Waals surface area (Å²) >= 11 is 0. The molecular formula is C10H10BNO6. The van der Waals surface area contributed by atoms with E-state index in [0.29, 0.717) is 11.0 Å². The number of esters is 1. The molecule has 1 aromatic carbocycles. The van der Waals surface area contributed by atoms with Crippen molar-refractivity contribution in [1.82, 2.24) is 0 Å². The van der Waals surface area contributed by atoms with Gasteiger partial charge in [0.1, 0.15) is 0 Å². The lowest BCUT2D eigenvalue weighted by molar-refractivity contribution is -0.384. The highest BCUT2D eigenvalue weighted by Gasteiger charge is 2.37. The van der Waals surface area contributed by atoms with Gasteiger partial charge in [0.05, 0.1) is 24.6 Å². The molecule has 1 aliphatic rings. The number of methoxy groups -OCH3 is 1. The van der Waals surface area contributed by atoms with Crippen molar-refractivity contribution in [3.63, 3.8) is 0 Å².